The van der Waals surface area contributed by atoms with Gasteiger partial charge in [-0.25, -0.2) is 18.7 Å². The molecule has 0 aliphatic carbocycles. The Morgan fingerprint density at radius 3 is 2.58 bits per heavy atom. The number of benzene rings is 1. The van der Waals surface area contributed by atoms with Gasteiger partial charge in [-0.2, -0.15) is 0 Å². The number of rotatable bonds is 4. The minimum atomic E-state index is -0.547. The topological polar surface area (TPSA) is 54.9 Å². The van der Waals surface area contributed by atoms with Crippen LogP contribution in [0.4, 0.5) is 14.7 Å². The highest BCUT2D eigenvalue weighted by atomic mass is 19.1. The highest BCUT2D eigenvalue weighted by molar-refractivity contribution is 5.79. The van der Waals surface area contributed by atoms with E-state index in [1.165, 1.54) is 19.3 Å². The fourth-order valence-electron chi connectivity index (χ4n) is 1.48. The molecule has 4 nitrogen and oxygen atoms in total. The number of nitrogens with one attached hydrogen (secondary N) is 1. The van der Waals surface area contributed by atoms with E-state index in [1.54, 1.807) is 0 Å². The maximum Gasteiger partial charge on any atom is 0.222 e. The molecule has 0 fully saturated rings. The van der Waals surface area contributed by atoms with Gasteiger partial charge in [0.05, 0.1) is 6.54 Å². The Bertz CT molecular complexity index is 599. The van der Waals surface area contributed by atoms with Crippen molar-refractivity contribution in [2.75, 3.05) is 11.9 Å². The number of carbonyl (C=O) groups excluding carboxylic acids is 1. The summed E-state index contributed by atoms with van der Waals surface area (Å²) in [6, 6.07) is 3.17. The maximum atomic E-state index is 13.5. The van der Waals surface area contributed by atoms with Crippen LogP contribution in [0.3, 0.4) is 0 Å². The summed E-state index contributed by atoms with van der Waals surface area (Å²) in [6.07, 6.45) is 2.74. The van der Waals surface area contributed by atoms with Crippen LogP contribution in [0.25, 0.3) is 11.1 Å². The summed E-state index contributed by atoms with van der Waals surface area (Å²) in [5.41, 5.74) is 0.462. The minimum Gasteiger partial charge on any atom is -0.347 e. The molecule has 0 aliphatic heterocycles. The van der Waals surface area contributed by atoms with Gasteiger partial charge in [0.1, 0.15) is 17.4 Å². The number of Topliss-reactive ketones (excluding diaryl/α,β-unsaturated/α-hetero) is 1. The number of hydrogen-bond donors (Lipinski definition) is 1. The predicted molar refractivity (Wildman–Crippen MR) is 66.6 cm³/mol. The number of hydrogen-bond acceptors (Lipinski definition) is 4. The van der Waals surface area contributed by atoms with Crippen LogP contribution in [0.2, 0.25) is 0 Å². The fraction of sp³-hybridized carbons (Fsp3) is 0.154. The Kier molecular flexibility index (Phi) is 3.79. The summed E-state index contributed by atoms with van der Waals surface area (Å²) in [5, 5.41) is 2.71. The molecule has 98 valence electrons. The van der Waals surface area contributed by atoms with Crippen molar-refractivity contribution in [1.82, 2.24) is 9.97 Å². The largest absolute Gasteiger partial charge is 0.347 e. The number of aromatic nitrogens is 2. The molecule has 0 aliphatic rings. The maximum absolute atomic E-state index is 13.5. The average molecular weight is 263 g/mol. The van der Waals surface area contributed by atoms with Crippen molar-refractivity contribution in [2.45, 2.75) is 6.92 Å². The standard InChI is InChI=1S/C13H11F2N3O/c1-8(19)5-16-13-17-6-9(7-18-13)11-4-10(14)2-3-12(11)15/h2-4,6-7H,5H2,1H3,(H,16,17,18). The molecular formula is C13H11F2N3O. The van der Waals surface area contributed by atoms with E-state index in [1.807, 2.05) is 0 Å². The van der Waals surface area contributed by atoms with Crippen LogP contribution in [0, 0.1) is 11.6 Å². The third-order valence-corrected chi connectivity index (χ3v) is 2.39. The van der Waals surface area contributed by atoms with E-state index >= 15 is 0 Å². The first kappa shape index (κ1) is 13.1. The SMILES string of the molecule is CC(=O)CNc1ncc(-c2cc(F)ccc2F)cn1. The molecule has 2 aromatic rings. The molecule has 1 N–H and O–H groups in total. The molecule has 1 heterocycles. The minimum absolute atomic E-state index is 0.0520. The van der Waals surface area contributed by atoms with Crippen LogP contribution in [0.1, 0.15) is 6.92 Å². The van der Waals surface area contributed by atoms with Crippen LogP contribution < -0.4 is 5.32 Å². The van der Waals surface area contributed by atoms with Crippen molar-refractivity contribution < 1.29 is 13.6 Å². The highest BCUT2D eigenvalue weighted by Crippen LogP contribution is 2.22. The second-order valence-corrected chi connectivity index (χ2v) is 3.98. The van der Waals surface area contributed by atoms with Gasteiger partial charge < -0.3 is 5.32 Å². The first-order valence-corrected chi connectivity index (χ1v) is 5.57. The number of carbonyl (C=O) groups is 1. The number of nitrogens with zero attached hydrogens (tertiary/aromatic N) is 2. The van der Waals surface area contributed by atoms with Crippen molar-refractivity contribution in [2.24, 2.45) is 0 Å². The van der Waals surface area contributed by atoms with Crippen LogP contribution in [-0.2, 0) is 4.79 Å². The van der Waals surface area contributed by atoms with Crippen molar-refractivity contribution in [3.8, 4) is 11.1 Å². The van der Waals surface area contributed by atoms with Gasteiger partial charge in [-0.1, -0.05) is 0 Å². The molecule has 0 bridgehead atoms. The van der Waals surface area contributed by atoms with E-state index in [0.29, 0.717) is 5.56 Å². The van der Waals surface area contributed by atoms with Crippen LogP contribution in [0.5, 0.6) is 0 Å². The van der Waals surface area contributed by atoms with Crippen LogP contribution >= 0.6 is 0 Å². The fourth-order valence-corrected chi connectivity index (χ4v) is 1.48. The number of anilines is 1. The molecule has 1 aromatic heterocycles. The smallest absolute Gasteiger partial charge is 0.222 e. The van der Waals surface area contributed by atoms with Crippen molar-refractivity contribution in [3.63, 3.8) is 0 Å². The van der Waals surface area contributed by atoms with E-state index in [4.69, 9.17) is 0 Å². The summed E-state index contributed by atoms with van der Waals surface area (Å²) in [4.78, 5) is 18.6. The molecular weight excluding hydrogens is 252 g/mol. The van der Waals surface area contributed by atoms with Gasteiger partial charge in [-0.15, -0.1) is 0 Å². The van der Waals surface area contributed by atoms with E-state index in [0.717, 1.165) is 18.2 Å². The van der Waals surface area contributed by atoms with E-state index in [9.17, 15) is 13.6 Å². The summed E-state index contributed by atoms with van der Waals surface area (Å²) in [6.45, 7) is 1.55. The second-order valence-electron chi connectivity index (χ2n) is 3.98. The van der Waals surface area contributed by atoms with Gasteiger partial charge in [0.25, 0.3) is 0 Å². The lowest BCUT2D eigenvalue weighted by atomic mass is 10.1. The zero-order chi connectivity index (χ0) is 13.8. The van der Waals surface area contributed by atoms with Gasteiger partial charge >= 0.3 is 0 Å². The Labute approximate surface area is 108 Å². The Balaban J connectivity index is 2.22. The summed E-state index contributed by atoms with van der Waals surface area (Å²) in [7, 11) is 0. The molecule has 0 atom stereocenters. The quantitative estimate of drug-likeness (QED) is 0.920. The van der Waals surface area contributed by atoms with Gasteiger partial charge in [0, 0.05) is 23.5 Å². The molecule has 1 aromatic carbocycles. The molecule has 0 unspecified atom stereocenters. The van der Waals surface area contributed by atoms with Crippen LogP contribution in [0.15, 0.2) is 30.6 Å². The second kappa shape index (κ2) is 5.51. The van der Waals surface area contributed by atoms with Crippen molar-refractivity contribution >= 4 is 11.7 Å². The zero-order valence-electron chi connectivity index (χ0n) is 10.2. The molecule has 0 saturated heterocycles. The molecule has 0 saturated carbocycles. The lowest BCUT2D eigenvalue weighted by Crippen LogP contribution is -2.11. The lowest BCUT2D eigenvalue weighted by molar-refractivity contribution is -0.115. The molecule has 19 heavy (non-hydrogen) atoms. The molecule has 2 rings (SSSR count). The zero-order valence-corrected chi connectivity index (χ0v) is 10.2. The number of ketones is 1. The highest BCUT2D eigenvalue weighted by Gasteiger charge is 2.08. The Hall–Kier alpha value is -2.37. The third-order valence-electron chi connectivity index (χ3n) is 2.39. The van der Waals surface area contributed by atoms with Gasteiger partial charge in [-0.3, -0.25) is 4.79 Å². The molecule has 0 radical (unpaired) electrons. The van der Waals surface area contributed by atoms with Crippen molar-refractivity contribution in [1.29, 1.82) is 0 Å². The lowest BCUT2D eigenvalue weighted by Gasteiger charge is -2.05. The normalized spacial score (nSPS) is 10.3. The van der Waals surface area contributed by atoms with E-state index in [-0.39, 0.29) is 23.8 Å². The monoisotopic (exact) mass is 263 g/mol. The summed E-state index contributed by atoms with van der Waals surface area (Å²) < 4.78 is 26.6. The van der Waals surface area contributed by atoms with E-state index < -0.39 is 11.6 Å². The third kappa shape index (κ3) is 3.31. The van der Waals surface area contributed by atoms with Gasteiger partial charge in [-0.05, 0) is 25.1 Å². The number of halogens is 2. The summed E-state index contributed by atoms with van der Waals surface area (Å²) >= 11 is 0. The Morgan fingerprint density at radius 2 is 1.95 bits per heavy atom. The van der Waals surface area contributed by atoms with Gasteiger partial charge in [0.15, 0.2) is 0 Å². The Morgan fingerprint density at radius 1 is 1.26 bits per heavy atom. The van der Waals surface area contributed by atoms with Gasteiger partial charge in [0.2, 0.25) is 5.95 Å². The average Bonchev–Trinajstić information content (AvgIpc) is 2.40. The molecule has 0 spiro atoms. The molecule has 0 amide bonds. The molecule has 6 heteroatoms. The van der Waals surface area contributed by atoms with Crippen LogP contribution in [-0.4, -0.2) is 22.3 Å². The van der Waals surface area contributed by atoms with Crippen molar-refractivity contribution in [3.05, 3.63) is 42.2 Å². The van der Waals surface area contributed by atoms with E-state index in [2.05, 4.69) is 15.3 Å². The first-order valence-electron chi connectivity index (χ1n) is 5.57. The summed E-state index contributed by atoms with van der Waals surface area (Å²) in [5.74, 6) is -0.871. The first-order chi connectivity index (χ1) is 9.06. The predicted octanol–water partition coefficient (Wildman–Crippen LogP) is 2.42.